The van der Waals surface area contributed by atoms with E-state index in [1.54, 1.807) is 6.92 Å². The van der Waals surface area contributed by atoms with Crippen LogP contribution in [-0.4, -0.2) is 152 Å². The number of carbonyl (C=O) groups excluding carboxylic acids is 7. The third-order valence-corrected chi connectivity index (χ3v) is 6.31. The lowest BCUT2D eigenvalue weighted by Crippen LogP contribution is -2.33. The van der Waals surface area contributed by atoms with Gasteiger partial charge in [0.05, 0.1) is 39.6 Å². The maximum Gasteiger partial charge on any atom is 0.407 e. The Morgan fingerprint density at radius 3 is 1.65 bits per heavy atom. The molecule has 1 rings (SSSR count). The van der Waals surface area contributed by atoms with E-state index in [4.69, 9.17) is 28.4 Å². The van der Waals surface area contributed by atoms with Gasteiger partial charge in [0.15, 0.2) is 0 Å². The van der Waals surface area contributed by atoms with Crippen LogP contribution in [0.1, 0.15) is 32.6 Å². The fourth-order valence-corrected chi connectivity index (χ4v) is 3.79. The van der Waals surface area contributed by atoms with Crippen molar-refractivity contribution in [2.45, 2.75) is 32.6 Å². The summed E-state index contributed by atoms with van der Waals surface area (Å²) >= 11 is 0. The Balaban J connectivity index is 1.83. The molecular weight excluding hydrogens is 652 g/mol. The van der Waals surface area contributed by atoms with E-state index in [0.717, 1.165) is 0 Å². The molecule has 7 amide bonds. The first-order chi connectivity index (χ1) is 23.6. The van der Waals surface area contributed by atoms with Gasteiger partial charge in [0.1, 0.15) is 26.4 Å². The number of unbranched alkanes of at least 4 members (excludes halogenated alkanes) is 2. The molecule has 0 aromatic carbocycles. The molecule has 0 spiro atoms. The molecule has 19 heteroatoms. The van der Waals surface area contributed by atoms with E-state index < -0.39 is 12.2 Å². The molecule has 0 saturated heterocycles. The predicted molar refractivity (Wildman–Crippen MR) is 171 cm³/mol. The number of hydrogen-bond donors (Lipinski definition) is 5. The zero-order valence-corrected chi connectivity index (χ0v) is 28.3. The molecule has 49 heavy (non-hydrogen) atoms. The van der Waals surface area contributed by atoms with E-state index in [9.17, 15) is 33.6 Å². The van der Waals surface area contributed by atoms with Crippen molar-refractivity contribution >= 4 is 41.7 Å². The van der Waals surface area contributed by atoms with Gasteiger partial charge in [0, 0.05) is 57.8 Å². The Labute approximate surface area is 285 Å². The fraction of sp³-hybridized carbons (Fsp3) is 0.700. The van der Waals surface area contributed by atoms with Crippen molar-refractivity contribution in [3.63, 3.8) is 0 Å². The van der Waals surface area contributed by atoms with E-state index in [0.29, 0.717) is 44.3 Å². The summed E-state index contributed by atoms with van der Waals surface area (Å²) in [5.41, 5.74) is 0.441. The molecule has 0 fully saturated rings. The van der Waals surface area contributed by atoms with Crippen LogP contribution in [-0.2, 0) is 52.4 Å². The largest absolute Gasteiger partial charge is 0.447 e. The Kier molecular flexibility index (Phi) is 24.1. The average Bonchev–Trinajstić information content (AvgIpc) is 3.32. The highest BCUT2D eigenvalue weighted by atomic mass is 16.6. The van der Waals surface area contributed by atoms with Crippen LogP contribution in [0.15, 0.2) is 11.6 Å². The normalized spacial score (nSPS) is 12.3. The van der Waals surface area contributed by atoms with Crippen LogP contribution in [0.3, 0.4) is 0 Å². The number of likely N-dealkylation sites (N-methyl/N-ethyl adjacent to an activating group) is 1. The number of carbonyl (C=O) groups is 7. The van der Waals surface area contributed by atoms with Gasteiger partial charge in [-0.1, -0.05) is 6.42 Å². The number of ether oxygens (including phenoxy) is 6. The van der Waals surface area contributed by atoms with E-state index in [1.165, 1.54) is 18.0 Å². The van der Waals surface area contributed by atoms with Crippen LogP contribution < -0.4 is 26.6 Å². The number of alkyl carbamates (subject to hydrolysis) is 2. The van der Waals surface area contributed by atoms with Crippen molar-refractivity contribution in [1.29, 1.82) is 0 Å². The summed E-state index contributed by atoms with van der Waals surface area (Å²) in [5.74, 6) is -1.30. The summed E-state index contributed by atoms with van der Waals surface area (Å²) in [4.78, 5) is 82.5. The number of amides is 7. The fourth-order valence-electron chi connectivity index (χ4n) is 3.79. The summed E-state index contributed by atoms with van der Waals surface area (Å²) in [6.45, 7) is 3.51. The first kappa shape index (κ1) is 42.7. The van der Waals surface area contributed by atoms with Gasteiger partial charge in [-0.05, 0) is 19.8 Å². The highest BCUT2D eigenvalue weighted by Gasteiger charge is 2.27. The van der Waals surface area contributed by atoms with Crippen LogP contribution in [0.5, 0.6) is 0 Å². The minimum Gasteiger partial charge on any atom is -0.447 e. The van der Waals surface area contributed by atoms with Crippen molar-refractivity contribution in [3.8, 4) is 0 Å². The molecule has 19 nitrogen and oxygen atoms in total. The van der Waals surface area contributed by atoms with Crippen molar-refractivity contribution in [1.82, 2.24) is 31.5 Å². The Morgan fingerprint density at radius 1 is 0.612 bits per heavy atom. The third-order valence-electron chi connectivity index (χ3n) is 6.31. The molecule has 0 aromatic heterocycles. The smallest absolute Gasteiger partial charge is 0.407 e. The van der Waals surface area contributed by atoms with Gasteiger partial charge in [-0.25, -0.2) is 9.59 Å². The molecule has 0 saturated carbocycles. The second-order valence-corrected chi connectivity index (χ2v) is 10.3. The van der Waals surface area contributed by atoms with E-state index in [1.807, 2.05) is 0 Å². The summed E-state index contributed by atoms with van der Waals surface area (Å²) in [7, 11) is 1.49. The number of nitrogens with one attached hydrogen (secondary N) is 5. The van der Waals surface area contributed by atoms with Crippen LogP contribution in [0.2, 0.25) is 0 Å². The summed E-state index contributed by atoms with van der Waals surface area (Å²) < 4.78 is 30.7. The highest BCUT2D eigenvalue weighted by Crippen LogP contribution is 2.13. The number of rotatable bonds is 28. The van der Waals surface area contributed by atoms with Crippen molar-refractivity contribution in [2.24, 2.45) is 0 Å². The SMILES string of the molecule is CNC(=O)COCCNC(=O)OCCOCCNC(=O)COCCNC(=O)OCCOCCNC(=O)CCCCCN1C(=O)C=C(C)C1=O. The summed E-state index contributed by atoms with van der Waals surface area (Å²) in [6, 6.07) is 0. The van der Waals surface area contributed by atoms with Crippen LogP contribution in [0.4, 0.5) is 9.59 Å². The second kappa shape index (κ2) is 27.6. The average molecular weight is 703 g/mol. The molecule has 0 aromatic rings. The molecule has 278 valence electrons. The van der Waals surface area contributed by atoms with Crippen LogP contribution in [0.25, 0.3) is 0 Å². The number of imide groups is 1. The maximum absolute atomic E-state index is 11.9. The molecule has 0 atom stereocenters. The molecule has 0 unspecified atom stereocenters. The van der Waals surface area contributed by atoms with E-state index >= 15 is 0 Å². The second-order valence-electron chi connectivity index (χ2n) is 10.3. The molecule has 1 heterocycles. The summed E-state index contributed by atoms with van der Waals surface area (Å²) in [6.07, 6.45) is 2.33. The Morgan fingerprint density at radius 2 is 1.12 bits per heavy atom. The van der Waals surface area contributed by atoms with Crippen LogP contribution in [0, 0.1) is 0 Å². The third kappa shape index (κ3) is 22.8. The lowest BCUT2D eigenvalue weighted by molar-refractivity contribution is -0.137. The van der Waals surface area contributed by atoms with Gasteiger partial charge in [-0.15, -0.1) is 0 Å². The molecule has 1 aliphatic rings. The molecular formula is C30H50N6O13. The minimum atomic E-state index is -0.666. The van der Waals surface area contributed by atoms with Gasteiger partial charge in [0.2, 0.25) is 17.7 Å². The lowest BCUT2D eigenvalue weighted by atomic mass is 10.2. The molecule has 0 bridgehead atoms. The highest BCUT2D eigenvalue weighted by molar-refractivity contribution is 6.15. The van der Waals surface area contributed by atoms with Crippen molar-refractivity contribution < 1.29 is 62.0 Å². The molecule has 0 radical (unpaired) electrons. The van der Waals surface area contributed by atoms with Gasteiger partial charge in [-0.2, -0.15) is 0 Å². The molecule has 5 N–H and O–H groups in total. The Hall–Kier alpha value is -4.33. The van der Waals surface area contributed by atoms with Gasteiger partial charge >= 0.3 is 12.2 Å². The maximum atomic E-state index is 11.9. The van der Waals surface area contributed by atoms with E-state index in [-0.39, 0.29) is 115 Å². The van der Waals surface area contributed by atoms with Gasteiger partial charge in [-0.3, -0.25) is 28.9 Å². The lowest BCUT2D eigenvalue weighted by Gasteiger charge is -2.13. The topological polar surface area (TPSA) is 238 Å². The molecule has 1 aliphatic heterocycles. The minimum absolute atomic E-state index is 0.0123. The standard InChI is InChI=1S/C30H50N6O13/c1-23-20-27(40)36(28(23)41)11-5-3-4-6-24(37)32-7-12-44-16-18-48-30(43)35-10-15-47-22-26(39)33-8-13-45-17-19-49-29(42)34-9-14-46-21-25(38)31-2/h20H,3-19,21-22H2,1-2H3,(H,31,38)(H,32,37)(H,33,39)(H,34,42)(H,35,43). The van der Waals surface area contributed by atoms with Crippen molar-refractivity contribution in [2.75, 3.05) is 106 Å². The zero-order valence-electron chi connectivity index (χ0n) is 28.3. The van der Waals surface area contributed by atoms with Crippen LogP contribution >= 0.6 is 0 Å². The number of nitrogens with zero attached hydrogens (tertiary/aromatic N) is 1. The van der Waals surface area contributed by atoms with Gasteiger partial charge < -0.3 is 55.0 Å². The zero-order chi connectivity index (χ0) is 36.1. The Bertz CT molecular complexity index is 1090. The first-order valence-electron chi connectivity index (χ1n) is 16.0. The summed E-state index contributed by atoms with van der Waals surface area (Å²) in [5, 5.41) is 12.7. The first-order valence-corrected chi connectivity index (χ1v) is 16.0. The monoisotopic (exact) mass is 702 g/mol. The van der Waals surface area contributed by atoms with E-state index in [2.05, 4.69) is 26.6 Å². The van der Waals surface area contributed by atoms with Crippen molar-refractivity contribution in [3.05, 3.63) is 11.6 Å². The molecule has 0 aliphatic carbocycles. The van der Waals surface area contributed by atoms with Gasteiger partial charge in [0.25, 0.3) is 11.8 Å². The quantitative estimate of drug-likeness (QED) is 0.0455. The predicted octanol–water partition coefficient (Wildman–Crippen LogP) is -1.64. The number of hydrogen-bond acceptors (Lipinski definition) is 13.